The number of nitrogens with one attached hydrogen (secondary N) is 3. The van der Waals surface area contributed by atoms with Crippen LogP contribution in [-0.4, -0.2) is 153 Å². The van der Waals surface area contributed by atoms with E-state index in [1.165, 1.54) is 26.2 Å². The molecular weight excluding hydrogens is 1100 g/mol. The number of ether oxygens (including phenoxy) is 8. The number of allylic oxidation sites excluding steroid dienone is 2. The number of halogens is 4. The fraction of sp³-hybridized carbons (Fsp3) is 0.649. The third kappa shape index (κ3) is 25.2. The maximum absolute atomic E-state index is 14.4. The Morgan fingerprint density at radius 1 is 0.578 bits per heavy atom. The predicted molar refractivity (Wildman–Crippen MR) is 292 cm³/mol. The van der Waals surface area contributed by atoms with Crippen LogP contribution < -0.4 is 16.0 Å². The van der Waals surface area contributed by atoms with Gasteiger partial charge in [0.25, 0.3) is 11.8 Å². The Bertz CT molecular complexity index is 2380. The molecule has 1 aromatic carbocycles. The molecule has 2 fully saturated rings. The highest BCUT2D eigenvalue weighted by Crippen LogP contribution is 2.26. The van der Waals surface area contributed by atoms with Crippen molar-refractivity contribution in [2.45, 2.75) is 203 Å². The number of esters is 6. The monoisotopic (exact) mass is 1190 g/mol. The van der Waals surface area contributed by atoms with Gasteiger partial charge in [-0.3, -0.25) is 47.9 Å². The highest BCUT2D eigenvalue weighted by Gasteiger charge is 2.47. The SMILES string of the molecule is C.C.CCC(C)/C=C/[C@@H](OC(C)=O)[C@H](OC(C)=O)[C@@H](OC(C)=O)[C@@H](OC)C(=O)N[C@H]1CCCCN(Cc2c(F)c(F)cc(F)c2F)C1=O.CCC(C)/C=C/[C@@H](OC(C)=O)[C@H](OC(C)=O)[C@@H](OC(C)=O)[C@@H](OC)C(=O)N[C@H]1CCCCNC1=O. The summed E-state index contributed by atoms with van der Waals surface area (Å²) in [6, 6.07) is -2.04. The molecule has 0 aliphatic carbocycles. The number of carbonyl (C=O) groups is 10. The van der Waals surface area contributed by atoms with Gasteiger partial charge in [-0.1, -0.05) is 67.5 Å². The van der Waals surface area contributed by atoms with E-state index in [1.807, 2.05) is 27.7 Å². The van der Waals surface area contributed by atoms with Crippen molar-refractivity contribution < 1.29 is 103 Å². The molecule has 2 unspecified atom stereocenters. The molecule has 2 aliphatic heterocycles. The number of likely N-dealkylation sites (tertiary alicyclic amines) is 1. The minimum atomic E-state index is -1.74. The van der Waals surface area contributed by atoms with E-state index in [-0.39, 0.29) is 51.6 Å². The largest absolute Gasteiger partial charge is 0.455 e. The van der Waals surface area contributed by atoms with E-state index < -0.39 is 150 Å². The summed E-state index contributed by atoms with van der Waals surface area (Å²) in [7, 11) is 2.31. The van der Waals surface area contributed by atoms with E-state index in [9.17, 15) is 65.5 Å². The molecular formula is C57H86F4N4O18. The van der Waals surface area contributed by atoms with Crippen LogP contribution in [0.1, 0.15) is 141 Å². The van der Waals surface area contributed by atoms with Gasteiger partial charge in [-0.25, -0.2) is 17.6 Å². The smallest absolute Gasteiger partial charge is 0.303 e. The fourth-order valence-corrected chi connectivity index (χ4v) is 8.41. The number of amides is 4. The normalized spacial score (nSPS) is 18.9. The Morgan fingerprint density at radius 3 is 1.34 bits per heavy atom. The van der Waals surface area contributed by atoms with Crippen molar-refractivity contribution in [1.82, 2.24) is 20.9 Å². The Balaban J connectivity index is 0.00000164. The third-order valence-electron chi connectivity index (χ3n) is 12.8. The number of benzene rings is 1. The van der Waals surface area contributed by atoms with Crippen molar-refractivity contribution in [1.29, 1.82) is 0 Å². The van der Waals surface area contributed by atoms with Gasteiger partial charge in [0.2, 0.25) is 11.8 Å². The molecule has 2 saturated heterocycles. The van der Waals surface area contributed by atoms with Crippen LogP contribution in [0.25, 0.3) is 0 Å². The molecule has 0 bridgehead atoms. The van der Waals surface area contributed by atoms with Crippen LogP contribution in [0, 0.1) is 35.1 Å². The van der Waals surface area contributed by atoms with E-state index in [1.54, 1.807) is 12.2 Å². The van der Waals surface area contributed by atoms with Gasteiger partial charge < -0.3 is 58.7 Å². The third-order valence-corrected chi connectivity index (χ3v) is 12.8. The number of nitrogens with zero attached hydrogens (tertiary/aromatic N) is 1. The van der Waals surface area contributed by atoms with E-state index in [2.05, 4.69) is 16.0 Å². The fourth-order valence-electron chi connectivity index (χ4n) is 8.41. The summed E-state index contributed by atoms with van der Waals surface area (Å²) < 4.78 is 99.6. The topological polar surface area (TPSA) is 284 Å². The number of methoxy groups -OCH3 is 2. The lowest BCUT2D eigenvalue weighted by atomic mass is 9.98. The zero-order chi connectivity index (χ0) is 61.3. The Kier molecular flexibility index (Phi) is 34.8. The first-order valence-corrected chi connectivity index (χ1v) is 26.5. The summed E-state index contributed by atoms with van der Waals surface area (Å²) in [4.78, 5) is 126. The second-order valence-corrected chi connectivity index (χ2v) is 19.4. The minimum Gasteiger partial charge on any atom is -0.455 e. The first-order chi connectivity index (χ1) is 38.1. The van der Waals surface area contributed by atoms with Crippen molar-refractivity contribution in [2.75, 3.05) is 27.3 Å². The zero-order valence-corrected chi connectivity index (χ0v) is 47.9. The van der Waals surface area contributed by atoms with Crippen LogP contribution in [0.3, 0.4) is 0 Å². The van der Waals surface area contributed by atoms with Gasteiger partial charge in [0.1, 0.15) is 12.1 Å². The lowest BCUT2D eigenvalue weighted by Gasteiger charge is -2.34. The number of hydrogen-bond donors (Lipinski definition) is 3. The molecule has 83 heavy (non-hydrogen) atoms. The van der Waals surface area contributed by atoms with Gasteiger partial charge in [-0.05, 0) is 62.5 Å². The second kappa shape index (κ2) is 38.0. The molecule has 22 nitrogen and oxygen atoms in total. The van der Waals surface area contributed by atoms with E-state index >= 15 is 0 Å². The molecule has 0 radical (unpaired) electrons. The predicted octanol–water partition coefficient (Wildman–Crippen LogP) is 6.11. The van der Waals surface area contributed by atoms with Gasteiger partial charge in [-0.2, -0.15) is 0 Å². The van der Waals surface area contributed by atoms with Gasteiger partial charge in [-0.15, -0.1) is 0 Å². The molecule has 0 saturated carbocycles. The minimum absolute atomic E-state index is 0. The average molecular weight is 1190 g/mol. The summed E-state index contributed by atoms with van der Waals surface area (Å²) in [5.41, 5.74) is -0.992. The summed E-state index contributed by atoms with van der Waals surface area (Å²) in [5.74, 6) is -14.1. The van der Waals surface area contributed by atoms with Crippen LogP contribution in [0.4, 0.5) is 17.6 Å². The number of hydrogen-bond acceptors (Lipinski definition) is 18. The van der Waals surface area contributed by atoms with Crippen LogP contribution in [0.5, 0.6) is 0 Å². The first kappa shape index (κ1) is 76.0. The summed E-state index contributed by atoms with van der Waals surface area (Å²) in [6.45, 7) is 14.0. The quantitative estimate of drug-likeness (QED) is 0.0310. The first-order valence-electron chi connectivity index (χ1n) is 26.5. The Morgan fingerprint density at radius 2 is 0.952 bits per heavy atom. The molecule has 0 spiro atoms. The second-order valence-electron chi connectivity index (χ2n) is 19.4. The van der Waals surface area contributed by atoms with Gasteiger partial charge in [0.05, 0.1) is 6.54 Å². The molecule has 12 atom stereocenters. The van der Waals surface area contributed by atoms with E-state index in [0.717, 1.165) is 65.9 Å². The van der Waals surface area contributed by atoms with Crippen molar-refractivity contribution in [3.63, 3.8) is 0 Å². The Hall–Kier alpha value is -6.96. The van der Waals surface area contributed by atoms with Gasteiger partial charge >= 0.3 is 35.8 Å². The van der Waals surface area contributed by atoms with Crippen LogP contribution in [0.2, 0.25) is 0 Å². The molecule has 1 aromatic rings. The van der Waals surface area contributed by atoms with Crippen LogP contribution >= 0.6 is 0 Å². The standard InChI is InChI=1S/C31H40F4N2O9.C24H38N2O9.2CH4/c1-7-16(2)11-12-24(44-17(3)38)27(45-18(4)39)28(46-19(5)40)29(43-6)30(41)36-23-10-8-9-13-37(31(23)42)15-20-25(34)21(32)14-22(33)26(20)35;1-7-14(2)11-12-19(33-15(3)27)20(34-16(4)28)21(35-17(5)29)22(32-6)24(31)26-18-10-8-9-13-25-23(18)30;;/h11-12,14,16,23-24,27-29H,7-10,13,15H2,1-6H3,(H,36,41);11-12,14,18-22H,7-10,13H2,1-6H3,(H,25,30)(H,26,31);2*1H4/b2*12-11+;;/t16?,23-,24+,27-,28+,29+;14?,18-,19+,20-,21+,22+;;/m00../s1. The van der Waals surface area contributed by atoms with Crippen molar-refractivity contribution >= 4 is 59.4 Å². The highest BCUT2D eigenvalue weighted by atomic mass is 19.2. The lowest BCUT2D eigenvalue weighted by molar-refractivity contribution is -0.192. The molecule has 2 heterocycles. The van der Waals surface area contributed by atoms with E-state index in [4.69, 9.17) is 37.9 Å². The summed E-state index contributed by atoms with van der Waals surface area (Å²) in [6.07, 6.45) is -1.28. The zero-order valence-electron chi connectivity index (χ0n) is 47.9. The maximum atomic E-state index is 14.4. The number of rotatable bonds is 26. The van der Waals surface area contributed by atoms with Gasteiger partial charge in [0.15, 0.2) is 72.1 Å². The maximum Gasteiger partial charge on any atom is 0.303 e. The van der Waals surface area contributed by atoms with Gasteiger partial charge in [0, 0.05) is 80.5 Å². The lowest BCUT2D eigenvalue weighted by Crippen LogP contribution is -2.58. The molecule has 3 N–H and O–H groups in total. The van der Waals surface area contributed by atoms with E-state index in [0.29, 0.717) is 32.2 Å². The Labute approximate surface area is 483 Å². The molecule has 470 valence electrons. The molecule has 2 aliphatic rings. The molecule has 3 rings (SSSR count). The van der Waals surface area contributed by atoms with Crippen LogP contribution in [0.15, 0.2) is 30.4 Å². The molecule has 4 amide bonds. The molecule has 26 heteroatoms. The summed E-state index contributed by atoms with van der Waals surface area (Å²) >= 11 is 0. The van der Waals surface area contributed by atoms with Crippen LogP contribution in [-0.2, 0) is 92.4 Å². The molecule has 0 aromatic heterocycles. The highest BCUT2D eigenvalue weighted by molar-refractivity contribution is 5.91. The van der Waals surface area contributed by atoms with Crippen molar-refractivity contribution in [2.24, 2.45) is 11.8 Å². The number of carbonyl (C=O) groups excluding carboxylic acids is 10. The summed E-state index contributed by atoms with van der Waals surface area (Å²) in [5, 5.41) is 7.83. The van der Waals surface area contributed by atoms with Crippen molar-refractivity contribution in [3.8, 4) is 0 Å². The van der Waals surface area contributed by atoms with Crippen molar-refractivity contribution in [3.05, 3.63) is 59.2 Å². The average Bonchev–Trinajstić information content (AvgIpc) is 3.91.